The zero-order valence-electron chi connectivity index (χ0n) is 21.4. The molecule has 9 rings (SSSR count). The zero-order valence-corrected chi connectivity index (χ0v) is 21.4. The van der Waals surface area contributed by atoms with E-state index in [-0.39, 0.29) is 0 Å². The van der Waals surface area contributed by atoms with Crippen LogP contribution in [0, 0.1) is 0 Å². The van der Waals surface area contributed by atoms with Gasteiger partial charge in [0.15, 0.2) is 0 Å². The zero-order chi connectivity index (χ0) is 26.2. The molecule has 0 unspecified atom stereocenters. The predicted octanol–water partition coefficient (Wildman–Crippen LogP) is 8.37. The normalized spacial score (nSPS) is 12.0. The summed E-state index contributed by atoms with van der Waals surface area (Å²) in [6.07, 6.45) is 7.43. The topological polar surface area (TPSA) is 48.5 Å². The van der Waals surface area contributed by atoms with Crippen LogP contribution in [0.5, 0.6) is 0 Å². The second-order valence-corrected chi connectivity index (χ2v) is 10.1. The summed E-state index contributed by atoms with van der Waals surface area (Å²) in [6, 6.07) is 36.4. The van der Waals surface area contributed by atoms with E-state index < -0.39 is 0 Å². The largest absolute Gasteiger partial charge is 0.307 e. The molecule has 0 radical (unpaired) electrons. The monoisotopic (exact) mass is 511 g/mol. The second-order valence-electron chi connectivity index (χ2n) is 10.1. The summed E-state index contributed by atoms with van der Waals surface area (Å²) in [6.45, 7) is 0. The van der Waals surface area contributed by atoms with Crippen molar-refractivity contribution in [3.8, 4) is 11.4 Å². The quantitative estimate of drug-likeness (QED) is 0.234. The van der Waals surface area contributed by atoms with E-state index in [2.05, 4.69) is 117 Å². The molecule has 0 saturated carbocycles. The lowest BCUT2D eigenvalue weighted by molar-refractivity contribution is 1.15. The van der Waals surface area contributed by atoms with E-state index in [1.807, 2.05) is 12.4 Å². The maximum Gasteiger partial charge on any atom is 0.0994 e. The molecule has 0 aliphatic carbocycles. The minimum Gasteiger partial charge on any atom is -0.307 e. The molecule has 0 atom stereocenters. The summed E-state index contributed by atoms with van der Waals surface area (Å²) < 4.78 is 4.79. The number of hydrogen-bond acceptors (Lipinski definition) is 3. The Labute approximate surface area is 228 Å². The molecular weight excluding hydrogens is 490 g/mol. The van der Waals surface area contributed by atoms with E-state index in [0.29, 0.717) is 0 Å². The number of para-hydroxylation sites is 3. The predicted molar refractivity (Wildman–Crippen MR) is 164 cm³/mol. The van der Waals surface area contributed by atoms with Crippen LogP contribution in [0.25, 0.3) is 76.8 Å². The van der Waals surface area contributed by atoms with Crippen molar-refractivity contribution in [3.05, 3.63) is 128 Å². The van der Waals surface area contributed by atoms with Gasteiger partial charge in [0.25, 0.3) is 0 Å². The second kappa shape index (κ2) is 7.98. The number of hydrogen-bond donors (Lipinski definition) is 0. The molecule has 186 valence electrons. The van der Waals surface area contributed by atoms with Crippen molar-refractivity contribution in [2.24, 2.45) is 0 Å². The average Bonchev–Trinajstić information content (AvgIpc) is 3.55. The van der Waals surface area contributed by atoms with Gasteiger partial charge in [0.05, 0.1) is 38.8 Å². The molecule has 0 amide bonds. The van der Waals surface area contributed by atoms with Crippen molar-refractivity contribution < 1.29 is 0 Å². The first kappa shape index (κ1) is 21.4. The number of pyridine rings is 1. The van der Waals surface area contributed by atoms with E-state index in [1.165, 1.54) is 0 Å². The summed E-state index contributed by atoms with van der Waals surface area (Å²) in [5, 5.41) is 6.77. The highest BCUT2D eigenvalue weighted by Gasteiger charge is 2.25. The van der Waals surface area contributed by atoms with E-state index in [4.69, 9.17) is 9.97 Å². The number of rotatable bonds is 2. The molecule has 0 spiro atoms. The van der Waals surface area contributed by atoms with Crippen LogP contribution in [-0.4, -0.2) is 24.1 Å². The molecule has 4 heterocycles. The minimum absolute atomic E-state index is 0.911. The highest BCUT2D eigenvalue weighted by atomic mass is 15.1. The van der Waals surface area contributed by atoms with Gasteiger partial charge in [-0.1, -0.05) is 66.7 Å². The van der Waals surface area contributed by atoms with E-state index >= 15 is 0 Å². The number of fused-ring (bicyclic) bond motifs is 11. The van der Waals surface area contributed by atoms with Crippen LogP contribution < -0.4 is 0 Å². The lowest BCUT2D eigenvalue weighted by atomic mass is 10.1. The smallest absolute Gasteiger partial charge is 0.0994 e. The fraction of sp³-hybridized carbons (Fsp3) is 0. The third kappa shape index (κ3) is 2.73. The molecule has 5 nitrogen and oxygen atoms in total. The van der Waals surface area contributed by atoms with Crippen LogP contribution in [0.2, 0.25) is 0 Å². The summed E-state index contributed by atoms with van der Waals surface area (Å²) in [5.74, 6) is 0. The van der Waals surface area contributed by atoms with Gasteiger partial charge in [-0.2, -0.15) is 0 Å². The molecular formula is C35H21N5. The van der Waals surface area contributed by atoms with Crippen LogP contribution in [0.15, 0.2) is 128 Å². The highest BCUT2D eigenvalue weighted by molar-refractivity contribution is 6.35. The van der Waals surface area contributed by atoms with Gasteiger partial charge >= 0.3 is 0 Å². The van der Waals surface area contributed by atoms with Crippen molar-refractivity contribution in [2.45, 2.75) is 0 Å². The van der Waals surface area contributed by atoms with Gasteiger partial charge in [0.1, 0.15) is 0 Å². The number of aromatic nitrogens is 5. The maximum absolute atomic E-state index is 4.97. The highest BCUT2D eigenvalue weighted by Crippen LogP contribution is 2.45. The first-order chi connectivity index (χ1) is 19.9. The molecule has 9 aromatic rings. The molecule has 5 aromatic carbocycles. The maximum atomic E-state index is 4.97. The number of nitrogens with zero attached hydrogens (tertiary/aromatic N) is 5. The lowest BCUT2D eigenvalue weighted by Crippen LogP contribution is -2.00. The van der Waals surface area contributed by atoms with Crippen LogP contribution in [0.1, 0.15) is 0 Å². The third-order valence-corrected chi connectivity index (χ3v) is 8.06. The molecule has 0 fully saturated rings. The van der Waals surface area contributed by atoms with Gasteiger partial charge < -0.3 is 9.13 Å². The Balaban J connectivity index is 1.67. The Morgan fingerprint density at radius 2 is 1.10 bits per heavy atom. The Morgan fingerprint density at radius 3 is 1.82 bits per heavy atom. The minimum atomic E-state index is 0.911. The molecule has 5 heteroatoms. The van der Waals surface area contributed by atoms with Gasteiger partial charge in [0.2, 0.25) is 0 Å². The van der Waals surface area contributed by atoms with Gasteiger partial charge in [-0.05, 0) is 41.8 Å². The van der Waals surface area contributed by atoms with Crippen molar-refractivity contribution in [1.82, 2.24) is 24.1 Å². The van der Waals surface area contributed by atoms with Crippen molar-refractivity contribution in [3.63, 3.8) is 0 Å². The van der Waals surface area contributed by atoms with Crippen molar-refractivity contribution in [1.29, 1.82) is 0 Å². The fourth-order valence-corrected chi connectivity index (χ4v) is 6.50. The standard InChI is InChI=1S/C35H21N5/c1-2-10-23(11-3-1)39-27-14-6-4-12-24(27)30-32-33(38-20-19-37-32)31-25-13-5-7-15-28(25)40(35(31)34(30)39)29-16-8-9-22-17-18-36-21-26(22)29/h1-21H. The summed E-state index contributed by atoms with van der Waals surface area (Å²) in [5.41, 5.74) is 8.51. The Morgan fingerprint density at radius 1 is 0.475 bits per heavy atom. The first-order valence-electron chi connectivity index (χ1n) is 13.4. The Kier molecular flexibility index (Phi) is 4.27. The SMILES string of the molecule is c1ccc(-n2c3ccccc3c3c4nccnc4c4c5ccccc5n(-c5cccc6ccncc56)c4c32)cc1. The van der Waals surface area contributed by atoms with E-state index in [1.54, 1.807) is 12.4 Å². The van der Waals surface area contributed by atoms with E-state index in [0.717, 1.165) is 76.8 Å². The van der Waals surface area contributed by atoms with Gasteiger partial charge in [-0.3, -0.25) is 15.0 Å². The Hall–Kier alpha value is -5.55. The van der Waals surface area contributed by atoms with Crippen LogP contribution in [-0.2, 0) is 0 Å². The van der Waals surface area contributed by atoms with Crippen molar-refractivity contribution >= 4 is 65.4 Å². The third-order valence-electron chi connectivity index (χ3n) is 8.06. The number of benzene rings is 5. The molecule has 0 N–H and O–H groups in total. The van der Waals surface area contributed by atoms with Gasteiger partial charge in [0, 0.05) is 57.4 Å². The average molecular weight is 512 g/mol. The summed E-state index contributed by atoms with van der Waals surface area (Å²) >= 11 is 0. The van der Waals surface area contributed by atoms with Crippen molar-refractivity contribution in [2.75, 3.05) is 0 Å². The molecule has 0 bridgehead atoms. The van der Waals surface area contributed by atoms with E-state index in [9.17, 15) is 0 Å². The fourth-order valence-electron chi connectivity index (χ4n) is 6.50. The van der Waals surface area contributed by atoms with Crippen LogP contribution >= 0.6 is 0 Å². The first-order valence-corrected chi connectivity index (χ1v) is 13.4. The summed E-state index contributed by atoms with van der Waals surface area (Å²) in [7, 11) is 0. The molecule has 40 heavy (non-hydrogen) atoms. The summed E-state index contributed by atoms with van der Waals surface area (Å²) in [4.78, 5) is 14.4. The van der Waals surface area contributed by atoms with Gasteiger partial charge in [-0.25, -0.2) is 0 Å². The molecule has 4 aromatic heterocycles. The lowest BCUT2D eigenvalue weighted by Gasteiger charge is -2.14. The Bertz CT molecular complexity index is 2430. The van der Waals surface area contributed by atoms with Gasteiger partial charge in [-0.15, -0.1) is 0 Å². The van der Waals surface area contributed by atoms with Crippen LogP contribution in [0.3, 0.4) is 0 Å². The molecule has 0 aliphatic heterocycles. The van der Waals surface area contributed by atoms with Crippen LogP contribution in [0.4, 0.5) is 0 Å². The molecule has 0 saturated heterocycles. The molecule has 0 aliphatic rings.